The highest BCUT2D eigenvalue weighted by atomic mass is 16.3. The Bertz CT molecular complexity index is 358. The van der Waals surface area contributed by atoms with Gasteiger partial charge in [0.2, 0.25) is 5.91 Å². The Kier molecular flexibility index (Phi) is 2.73. The molecule has 3 nitrogen and oxygen atoms in total. The van der Waals surface area contributed by atoms with Gasteiger partial charge in [0.25, 0.3) is 0 Å². The molecule has 1 atom stereocenters. The summed E-state index contributed by atoms with van der Waals surface area (Å²) >= 11 is 0. The molecule has 1 aromatic rings. The number of benzene rings is 1. The number of carbonyl (C=O) groups is 1. The number of rotatable bonds is 1. The number of hydrogen-bond acceptors (Lipinski definition) is 2. The van der Waals surface area contributed by atoms with Crippen molar-refractivity contribution in [1.82, 2.24) is 0 Å². The molecular formula is C12H15NO2. The summed E-state index contributed by atoms with van der Waals surface area (Å²) in [5.41, 5.74) is 2.05. The first-order valence-corrected chi connectivity index (χ1v) is 5.22. The maximum atomic E-state index is 11.6. The van der Waals surface area contributed by atoms with Gasteiger partial charge in [0.1, 0.15) is 0 Å². The molecule has 0 aliphatic carbocycles. The van der Waals surface area contributed by atoms with Gasteiger partial charge in [-0.05, 0) is 25.5 Å². The van der Waals surface area contributed by atoms with Gasteiger partial charge >= 0.3 is 0 Å². The van der Waals surface area contributed by atoms with Crippen molar-refractivity contribution in [3.63, 3.8) is 0 Å². The Morgan fingerprint density at radius 1 is 1.33 bits per heavy atom. The highest BCUT2D eigenvalue weighted by Gasteiger charge is 2.24. The molecular weight excluding hydrogens is 190 g/mol. The molecule has 0 bridgehead atoms. The zero-order valence-corrected chi connectivity index (χ0v) is 8.81. The quantitative estimate of drug-likeness (QED) is 0.754. The third-order valence-corrected chi connectivity index (χ3v) is 2.73. The van der Waals surface area contributed by atoms with Crippen LogP contribution in [0.2, 0.25) is 0 Å². The number of aliphatic hydroxyl groups excluding tert-OH is 1. The SMILES string of the molecule is Cc1ccc(N2CC(O)CCC2=O)cc1. The Hall–Kier alpha value is -1.35. The van der Waals surface area contributed by atoms with Gasteiger partial charge in [-0.25, -0.2) is 0 Å². The van der Waals surface area contributed by atoms with E-state index in [0.717, 1.165) is 5.69 Å². The fraction of sp³-hybridized carbons (Fsp3) is 0.417. The molecule has 80 valence electrons. The number of carbonyl (C=O) groups excluding carboxylic acids is 1. The maximum absolute atomic E-state index is 11.6. The first kappa shape index (κ1) is 10.2. The predicted octanol–water partition coefficient (Wildman–Crippen LogP) is 1.48. The van der Waals surface area contributed by atoms with Crippen LogP contribution < -0.4 is 4.90 Å². The topological polar surface area (TPSA) is 40.5 Å². The number of aryl methyl sites for hydroxylation is 1. The third kappa shape index (κ3) is 2.18. The monoisotopic (exact) mass is 205 g/mol. The van der Waals surface area contributed by atoms with Gasteiger partial charge < -0.3 is 10.0 Å². The van der Waals surface area contributed by atoms with Crippen LogP contribution >= 0.6 is 0 Å². The number of nitrogens with zero attached hydrogens (tertiary/aromatic N) is 1. The molecule has 1 amide bonds. The van der Waals surface area contributed by atoms with Crippen LogP contribution in [0.4, 0.5) is 5.69 Å². The van der Waals surface area contributed by atoms with Crippen molar-refractivity contribution in [3.8, 4) is 0 Å². The van der Waals surface area contributed by atoms with E-state index in [1.165, 1.54) is 5.56 Å². The lowest BCUT2D eigenvalue weighted by Gasteiger charge is -2.30. The van der Waals surface area contributed by atoms with E-state index in [1.807, 2.05) is 31.2 Å². The molecule has 1 saturated heterocycles. The van der Waals surface area contributed by atoms with Crippen LogP contribution in [0.25, 0.3) is 0 Å². The minimum absolute atomic E-state index is 0.101. The van der Waals surface area contributed by atoms with Gasteiger partial charge in [-0.3, -0.25) is 4.79 Å². The van der Waals surface area contributed by atoms with Gasteiger partial charge in [0.05, 0.1) is 12.6 Å². The van der Waals surface area contributed by atoms with Crippen molar-refractivity contribution < 1.29 is 9.90 Å². The predicted molar refractivity (Wildman–Crippen MR) is 58.8 cm³/mol. The highest BCUT2D eigenvalue weighted by molar-refractivity contribution is 5.94. The first-order valence-electron chi connectivity index (χ1n) is 5.22. The van der Waals surface area contributed by atoms with Crippen molar-refractivity contribution in [2.75, 3.05) is 11.4 Å². The standard InChI is InChI=1S/C12H15NO2/c1-9-2-4-10(5-3-9)13-8-11(14)6-7-12(13)15/h2-5,11,14H,6-8H2,1H3. The number of amides is 1. The summed E-state index contributed by atoms with van der Waals surface area (Å²) in [6, 6.07) is 7.80. The van der Waals surface area contributed by atoms with Crippen molar-refractivity contribution in [2.24, 2.45) is 0 Å². The Labute approximate surface area is 89.3 Å². The normalized spacial score (nSPS) is 21.9. The van der Waals surface area contributed by atoms with Crippen molar-refractivity contribution in [1.29, 1.82) is 0 Å². The summed E-state index contributed by atoms with van der Waals surface area (Å²) in [4.78, 5) is 13.3. The molecule has 15 heavy (non-hydrogen) atoms. The molecule has 2 rings (SSSR count). The van der Waals surface area contributed by atoms with Crippen molar-refractivity contribution in [3.05, 3.63) is 29.8 Å². The average Bonchev–Trinajstić information content (AvgIpc) is 2.23. The number of hydrogen-bond donors (Lipinski definition) is 1. The molecule has 0 aromatic heterocycles. The molecule has 1 aliphatic rings. The van der Waals surface area contributed by atoms with E-state index >= 15 is 0 Å². The van der Waals surface area contributed by atoms with E-state index in [9.17, 15) is 9.90 Å². The zero-order chi connectivity index (χ0) is 10.8. The van der Waals surface area contributed by atoms with Gasteiger partial charge in [0.15, 0.2) is 0 Å². The molecule has 1 aliphatic heterocycles. The van der Waals surface area contributed by atoms with Crippen LogP contribution in [0.3, 0.4) is 0 Å². The number of β-amino-alcohol motifs (C(OH)–C–C–N with tert-alkyl or cyclic N) is 1. The maximum Gasteiger partial charge on any atom is 0.227 e. The molecule has 1 aromatic carbocycles. The molecule has 1 fully saturated rings. The number of anilines is 1. The first-order chi connectivity index (χ1) is 7.16. The lowest BCUT2D eigenvalue weighted by Crippen LogP contribution is -2.42. The third-order valence-electron chi connectivity index (χ3n) is 2.73. The molecule has 1 heterocycles. The fourth-order valence-electron chi connectivity index (χ4n) is 1.80. The molecule has 0 saturated carbocycles. The van der Waals surface area contributed by atoms with Crippen LogP contribution in [-0.4, -0.2) is 23.7 Å². The van der Waals surface area contributed by atoms with Crippen LogP contribution in [0.15, 0.2) is 24.3 Å². The van der Waals surface area contributed by atoms with Gasteiger partial charge in [-0.1, -0.05) is 17.7 Å². The van der Waals surface area contributed by atoms with Crippen LogP contribution in [0.1, 0.15) is 18.4 Å². The van der Waals surface area contributed by atoms with Crippen molar-refractivity contribution in [2.45, 2.75) is 25.9 Å². The van der Waals surface area contributed by atoms with E-state index in [4.69, 9.17) is 0 Å². The Morgan fingerprint density at radius 2 is 2.00 bits per heavy atom. The molecule has 0 spiro atoms. The van der Waals surface area contributed by atoms with Crippen LogP contribution in [0.5, 0.6) is 0 Å². The summed E-state index contributed by atoms with van der Waals surface area (Å²) in [6.45, 7) is 2.43. The summed E-state index contributed by atoms with van der Waals surface area (Å²) in [5.74, 6) is 0.101. The highest BCUT2D eigenvalue weighted by Crippen LogP contribution is 2.21. The van der Waals surface area contributed by atoms with E-state index < -0.39 is 0 Å². The second kappa shape index (κ2) is 4.03. The summed E-state index contributed by atoms with van der Waals surface area (Å²) in [7, 11) is 0. The van der Waals surface area contributed by atoms with Gasteiger partial charge in [0, 0.05) is 12.1 Å². The fourth-order valence-corrected chi connectivity index (χ4v) is 1.80. The average molecular weight is 205 g/mol. The number of piperidine rings is 1. The Balaban J connectivity index is 2.21. The molecule has 1 N–H and O–H groups in total. The Morgan fingerprint density at radius 3 is 2.67 bits per heavy atom. The summed E-state index contributed by atoms with van der Waals surface area (Å²) < 4.78 is 0. The molecule has 0 radical (unpaired) electrons. The zero-order valence-electron chi connectivity index (χ0n) is 8.81. The van der Waals surface area contributed by atoms with Crippen molar-refractivity contribution >= 4 is 11.6 Å². The van der Waals surface area contributed by atoms with E-state index in [-0.39, 0.29) is 12.0 Å². The lowest BCUT2D eigenvalue weighted by atomic mass is 10.1. The van der Waals surface area contributed by atoms with Crippen LogP contribution in [0, 0.1) is 6.92 Å². The molecule has 3 heteroatoms. The minimum Gasteiger partial charge on any atom is -0.391 e. The van der Waals surface area contributed by atoms with E-state index in [0.29, 0.717) is 19.4 Å². The lowest BCUT2D eigenvalue weighted by molar-refractivity contribution is -0.121. The molecule has 1 unspecified atom stereocenters. The van der Waals surface area contributed by atoms with Crippen LogP contribution in [-0.2, 0) is 4.79 Å². The minimum atomic E-state index is -0.385. The van der Waals surface area contributed by atoms with E-state index in [2.05, 4.69) is 0 Å². The van der Waals surface area contributed by atoms with E-state index in [1.54, 1.807) is 4.90 Å². The van der Waals surface area contributed by atoms with Gasteiger partial charge in [-0.2, -0.15) is 0 Å². The smallest absolute Gasteiger partial charge is 0.227 e. The largest absolute Gasteiger partial charge is 0.391 e. The second-order valence-corrected chi connectivity index (χ2v) is 4.03. The van der Waals surface area contributed by atoms with Gasteiger partial charge in [-0.15, -0.1) is 0 Å². The summed E-state index contributed by atoms with van der Waals surface area (Å²) in [5, 5.41) is 9.52. The summed E-state index contributed by atoms with van der Waals surface area (Å²) in [6.07, 6.45) is 0.639. The number of aliphatic hydroxyl groups is 1. The second-order valence-electron chi connectivity index (χ2n) is 4.03.